The van der Waals surface area contributed by atoms with Crippen molar-refractivity contribution in [1.82, 2.24) is 15.0 Å². The molecule has 2 rings (SSSR count). The topological polar surface area (TPSA) is 68.0 Å². The molecule has 0 saturated carbocycles. The summed E-state index contributed by atoms with van der Waals surface area (Å²) in [6, 6.07) is 7.07. The third-order valence-electron chi connectivity index (χ3n) is 2.51. The van der Waals surface area contributed by atoms with Crippen LogP contribution in [0.3, 0.4) is 0 Å². The van der Waals surface area contributed by atoms with Gasteiger partial charge in [-0.2, -0.15) is 0 Å². The van der Waals surface area contributed by atoms with E-state index in [-0.39, 0.29) is 5.69 Å². The summed E-state index contributed by atoms with van der Waals surface area (Å²) in [5.41, 5.74) is 1.30. The molecular formula is C12H12ClN3O2. The average molecular weight is 266 g/mol. The van der Waals surface area contributed by atoms with Crippen molar-refractivity contribution in [2.45, 2.75) is 19.8 Å². The second-order valence-corrected chi connectivity index (χ2v) is 4.27. The lowest BCUT2D eigenvalue weighted by Gasteiger charge is -2.06. The van der Waals surface area contributed by atoms with Crippen LogP contribution in [0, 0.1) is 0 Å². The van der Waals surface area contributed by atoms with Crippen LogP contribution in [0.1, 0.15) is 29.5 Å². The largest absolute Gasteiger partial charge is 0.476 e. The van der Waals surface area contributed by atoms with E-state index >= 15 is 0 Å². The number of aromatic nitrogens is 3. The summed E-state index contributed by atoms with van der Waals surface area (Å²) in [4.78, 5) is 11.1. The molecule has 0 unspecified atom stereocenters. The van der Waals surface area contributed by atoms with Gasteiger partial charge in [0.05, 0.1) is 11.4 Å². The Morgan fingerprint density at radius 3 is 2.89 bits per heavy atom. The van der Waals surface area contributed by atoms with Gasteiger partial charge in [0.25, 0.3) is 0 Å². The van der Waals surface area contributed by atoms with Crippen molar-refractivity contribution >= 4 is 17.6 Å². The molecule has 1 N–H and O–H groups in total. The molecule has 0 aliphatic carbocycles. The Labute approximate surface area is 109 Å². The second-order valence-electron chi connectivity index (χ2n) is 3.83. The first-order valence-electron chi connectivity index (χ1n) is 5.57. The van der Waals surface area contributed by atoms with E-state index in [1.165, 1.54) is 4.68 Å². The minimum atomic E-state index is -1.06. The molecule has 2 aromatic rings. The molecule has 1 heterocycles. The fraction of sp³-hybridized carbons (Fsp3) is 0.250. The normalized spacial score (nSPS) is 10.6. The molecule has 0 fully saturated rings. The van der Waals surface area contributed by atoms with Crippen LogP contribution in [-0.2, 0) is 6.42 Å². The lowest BCUT2D eigenvalue weighted by molar-refractivity contribution is 0.0689. The third-order valence-corrected chi connectivity index (χ3v) is 2.74. The van der Waals surface area contributed by atoms with E-state index in [4.69, 9.17) is 16.7 Å². The molecule has 1 aromatic carbocycles. The molecule has 0 radical (unpaired) electrons. The van der Waals surface area contributed by atoms with Gasteiger partial charge in [0.2, 0.25) is 0 Å². The van der Waals surface area contributed by atoms with E-state index in [9.17, 15) is 4.79 Å². The van der Waals surface area contributed by atoms with E-state index < -0.39 is 5.97 Å². The van der Waals surface area contributed by atoms with Crippen LogP contribution < -0.4 is 0 Å². The summed E-state index contributed by atoms with van der Waals surface area (Å²) >= 11 is 5.92. The number of carbonyl (C=O) groups is 1. The molecule has 0 aliphatic heterocycles. The minimum absolute atomic E-state index is 0.00294. The van der Waals surface area contributed by atoms with E-state index in [1.54, 1.807) is 18.2 Å². The molecule has 1 aromatic heterocycles. The summed E-state index contributed by atoms with van der Waals surface area (Å²) in [5, 5.41) is 17.2. The van der Waals surface area contributed by atoms with Crippen molar-refractivity contribution in [1.29, 1.82) is 0 Å². The third kappa shape index (κ3) is 2.36. The number of carboxylic acids is 1. The fourth-order valence-corrected chi connectivity index (χ4v) is 1.93. The van der Waals surface area contributed by atoms with Crippen LogP contribution >= 0.6 is 11.6 Å². The van der Waals surface area contributed by atoms with Gasteiger partial charge < -0.3 is 5.11 Å². The van der Waals surface area contributed by atoms with Gasteiger partial charge in [-0.25, -0.2) is 9.48 Å². The summed E-state index contributed by atoms with van der Waals surface area (Å²) in [6.07, 6.45) is 1.41. The number of nitrogens with zero attached hydrogens (tertiary/aromatic N) is 3. The molecule has 0 saturated heterocycles. The van der Waals surface area contributed by atoms with Crippen LogP contribution in [0.25, 0.3) is 5.69 Å². The first kappa shape index (κ1) is 12.6. The number of carboxylic acid groups (broad SMARTS) is 1. The fourth-order valence-electron chi connectivity index (χ4n) is 1.74. The monoisotopic (exact) mass is 265 g/mol. The van der Waals surface area contributed by atoms with Gasteiger partial charge in [-0.15, -0.1) is 5.10 Å². The Bertz CT molecular complexity index is 580. The van der Waals surface area contributed by atoms with Gasteiger partial charge in [0.1, 0.15) is 0 Å². The Morgan fingerprint density at radius 1 is 1.50 bits per heavy atom. The number of halogens is 1. The maximum absolute atomic E-state index is 11.1. The van der Waals surface area contributed by atoms with Gasteiger partial charge in [-0.1, -0.05) is 36.2 Å². The predicted octanol–water partition coefficient (Wildman–Crippen LogP) is 2.57. The maximum atomic E-state index is 11.1. The van der Waals surface area contributed by atoms with Crippen LogP contribution in [0.4, 0.5) is 0 Å². The van der Waals surface area contributed by atoms with Crippen molar-refractivity contribution in [3.8, 4) is 5.69 Å². The van der Waals surface area contributed by atoms with Gasteiger partial charge in [-0.3, -0.25) is 0 Å². The average Bonchev–Trinajstić information content (AvgIpc) is 2.73. The zero-order valence-corrected chi connectivity index (χ0v) is 10.6. The highest BCUT2D eigenvalue weighted by Crippen LogP contribution is 2.18. The number of hydrogen-bond donors (Lipinski definition) is 1. The van der Waals surface area contributed by atoms with Crippen molar-refractivity contribution in [3.05, 3.63) is 40.7 Å². The Kier molecular flexibility index (Phi) is 3.62. The zero-order valence-electron chi connectivity index (χ0n) is 9.80. The molecule has 0 aliphatic rings. The summed E-state index contributed by atoms with van der Waals surface area (Å²) in [6.45, 7) is 1.97. The van der Waals surface area contributed by atoms with E-state index in [2.05, 4.69) is 10.3 Å². The Morgan fingerprint density at radius 2 is 2.28 bits per heavy atom. The van der Waals surface area contributed by atoms with E-state index in [1.807, 2.05) is 13.0 Å². The lowest BCUT2D eigenvalue weighted by Crippen LogP contribution is -2.06. The van der Waals surface area contributed by atoms with Crippen LogP contribution in [-0.4, -0.2) is 26.1 Å². The number of aromatic carboxylic acids is 1. The van der Waals surface area contributed by atoms with Gasteiger partial charge in [-0.05, 0) is 24.6 Å². The number of rotatable bonds is 4. The molecule has 18 heavy (non-hydrogen) atoms. The van der Waals surface area contributed by atoms with Crippen LogP contribution in [0.5, 0.6) is 0 Å². The zero-order chi connectivity index (χ0) is 13.1. The molecular weight excluding hydrogens is 254 g/mol. The highest BCUT2D eigenvalue weighted by atomic mass is 35.5. The molecule has 0 bridgehead atoms. The molecule has 0 spiro atoms. The molecule has 0 amide bonds. The summed E-state index contributed by atoms with van der Waals surface area (Å²) < 4.78 is 1.53. The summed E-state index contributed by atoms with van der Waals surface area (Å²) in [5.74, 6) is -1.06. The van der Waals surface area contributed by atoms with Crippen LogP contribution in [0.15, 0.2) is 24.3 Å². The second kappa shape index (κ2) is 5.18. The Balaban J connectivity index is 2.54. The van der Waals surface area contributed by atoms with Crippen molar-refractivity contribution in [2.24, 2.45) is 0 Å². The smallest absolute Gasteiger partial charge is 0.358 e. The first-order chi connectivity index (χ1) is 8.63. The number of hydrogen-bond acceptors (Lipinski definition) is 3. The quantitative estimate of drug-likeness (QED) is 0.922. The molecule has 5 nitrogen and oxygen atoms in total. The Hall–Kier alpha value is -1.88. The van der Waals surface area contributed by atoms with E-state index in [0.29, 0.717) is 22.8 Å². The number of benzene rings is 1. The van der Waals surface area contributed by atoms with Crippen LogP contribution in [0.2, 0.25) is 5.02 Å². The standard InChI is InChI=1S/C12H12ClN3O2/c1-2-4-10-11(12(17)18)14-15-16(10)9-6-3-5-8(13)7-9/h3,5-7H,2,4H2,1H3,(H,17,18). The van der Waals surface area contributed by atoms with Gasteiger partial charge in [0, 0.05) is 5.02 Å². The molecule has 94 valence electrons. The van der Waals surface area contributed by atoms with Gasteiger partial charge >= 0.3 is 5.97 Å². The highest BCUT2D eigenvalue weighted by Gasteiger charge is 2.18. The van der Waals surface area contributed by atoms with E-state index in [0.717, 1.165) is 6.42 Å². The van der Waals surface area contributed by atoms with Gasteiger partial charge in [0.15, 0.2) is 5.69 Å². The molecule has 0 atom stereocenters. The maximum Gasteiger partial charge on any atom is 0.358 e. The lowest BCUT2D eigenvalue weighted by atomic mass is 10.2. The minimum Gasteiger partial charge on any atom is -0.476 e. The SMILES string of the molecule is CCCc1c(C(=O)O)nnn1-c1cccc(Cl)c1. The van der Waals surface area contributed by atoms with Crippen molar-refractivity contribution < 1.29 is 9.90 Å². The first-order valence-corrected chi connectivity index (χ1v) is 5.95. The highest BCUT2D eigenvalue weighted by molar-refractivity contribution is 6.30. The van der Waals surface area contributed by atoms with Crippen molar-refractivity contribution in [3.63, 3.8) is 0 Å². The predicted molar refractivity (Wildman–Crippen MR) is 67.3 cm³/mol. The molecule has 6 heteroatoms. The summed E-state index contributed by atoms with van der Waals surface area (Å²) in [7, 11) is 0. The van der Waals surface area contributed by atoms with Crippen molar-refractivity contribution in [2.75, 3.05) is 0 Å².